The highest BCUT2D eigenvalue weighted by Crippen LogP contribution is 2.41. The molecule has 2 N–H and O–H groups in total. The minimum atomic E-state index is -4.02. The van der Waals surface area contributed by atoms with Crippen molar-refractivity contribution in [3.05, 3.63) is 96.1 Å². The van der Waals surface area contributed by atoms with Gasteiger partial charge in [-0.25, -0.2) is 13.4 Å². The molecule has 0 radical (unpaired) electrons. The predicted octanol–water partition coefficient (Wildman–Crippen LogP) is 6.30. The number of nitrogens with zero attached hydrogens (tertiary/aromatic N) is 1. The quantitative estimate of drug-likeness (QED) is 0.188. The van der Waals surface area contributed by atoms with E-state index in [-0.39, 0.29) is 4.90 Å². The topological polar surface area (TPSA) is 125 Å². The van der Waals surface area contributed by atoms with Gasteiger partial charge in [-0.05, 0) is 61.0 Å². The number of ether oxygens (including phenoxy) is 4. The molecule has 0 aliphatic rings. The number of aromatic nitrogens is 1. The van der Waals surface area contributed by atoms with Gasteiger partial charge in [-0.2, -0.15) is 0 Å². The van der Waals surface area contributed by atoms with Gasteiger partial charge < -0.3 is 24.3 Å². The first-order valence-electron chi connectivity index (χ1n) is 13.5. The van der Waals surface area contributed by atoms with E-state index < -0.39 is 15.9 Å². The maximum atomic E-state index is 13.8. The maximum absolute atomic E-state index is 13.8. The number of carbonyl (C=O) groups is 1. The van der Waals surface area contributed by atoms with Crippen LogP contribution in [0, 0.1) is 6.92 Å². The largest absolute Gasteiger partial charge is 0.495 e. The Labute approximate surface area is 255 Å². The van der Waals surface area contributed by atoms with Crippen LogP contribution < -0.4 is 29.0 Å². The fraction of sp³-hybridized carbons (Fsp3) is 0.152. The second kappa shape index (κ2) is 12.5. The van der Waals surface area contributed by atoms with Crippen LogP contribution in [-0.2, 0) is 10.0 Å². The minimum Gasteiger partial charge on any atom is -0.495 e. The number of fused-ring (bicyclic) bond motifs is 1. The van der Waals surface area contributed by atoms with Crippen LogP contribution in [0.5, 0.6) is 23.0 Å². The Morgan fingerprint density at radius 1 is 0.750 bits per heavy atom. The van der Waals surface area contributed by atoms with Gasteiger partial charge in [0.1, 0.15) is 5.75 Å². The van der Waals surface area contributed by atoms with E-state index in [0.717, 1.165) is 0 Å². The molecule has 226 valence electrons. The molecular formula is C33H31N3O7S. The van der Waals surface area contributed by atoms with Gasteiger partial charge in [0.25, 0.3) is 15.9 Å². The molecule has 0 saturated carbocycles. The van der Waals surface area contributed by atoms with Gasteiger partial charge in [0.05, 0.1) is 55.8 Å². The smallest absolute Gasteiger partial charge is 0.262 e. The van der Waals surface area contributed by atoms with Crippen molar-refractivity contribution in [2.75, 3.05) is 38.5 Å². The van der Waals surface area contributed by atoms with Gasteiger partial charge in [-0.15, -0.1) is 0 Å². The number of aryl methyl sites for hydroxylation is 1. The Hall–Kier alpha value is -5.29. The number of amides is 1. The molecule has 4 aromatic carbocycles. The number of sulfonamides is 1. The maximum Gasteiger partial charge on any atom is 0.262 e. The third-order valence-corrected chi connectivity index (χ3v) is 8.52. The molecule has 10 nitrogen and oxygen atoms in total. The van der Waals surface area contributed by atoms with Gasteiger partial charge in [0.15, 0.2) is 11.5 Å². The van der Waals surface area contributed by atoms with Crippen molar-refractivity contribution in [2.45, 2.75) is 11.8 Å². The van der Waals surface area contributed by atoms with Crippen LogP contribution in [0.3, 0.4) is 0 Å². The summed E-state index contributed by atoms with van der Waals surface area (Å²) in [7, 11) is 2.01. The first-order valence-corrected chi connectivity index (χ1v) is 15.0. The summed E-state index contributed by atoms with van der Waals surface area (Å²) >= 11 is 0. The standard InChI is InChI=1S/C33H31N3O7S/c1-20-14-15-22(18-31(20)44(38,39)36-26-12-8-9-13-28(26)40-2)34-33(37)24-19-27(35-25-11-7-6-10-23(24)25)21-16-29(41-3)32(43-5)30(17-21)42-4/h6-19,36H,1-5H3,(H,34,37). The summed E-state index contributed by atoms with van der Waals surface area (Å²) in [6.45, 7) is 1.68. The highest BCUT2D eigenvalue weighted by atomic mass is 32.2. The fourth-order valence-corrected chi connectivity index (χ4v) is 6.18. The normalized spacial score (nSPS) is 11.1. The number of hydrogen-bond acceptors (Lipinski definition) is 8. The molecule has 11 heteroatoms. The summed E-state index contributed by atoms with van der Waals surface area (Å²) in [4.78, 5) is 18.6. The molecule has 0 unspecified atom stereocenters. The molecule has 1 amide bonds. The van der Waals surface area contributed by atoms with Gasteiger partial charge >= 0.3 is 0 Å². The number of methoxy groups -OCH3 is 4. The van der Waals surface area contributed by atoms with Crippen molar-refractivity contribution in [1.82, 2.24) is 4.98 Å². The highest BCUT2D eigenvalue weighted by Gasteiger charge is 2.22. The predicted molar refractivity (Wildman–Crippen MR) is 170 cm³/mol. The first kappa shape index (κ1) is 30.2. The van der Waals surface area contributed by atoms with Crippen LogP contribution in [0.1, 0.15) is 15.9 Å². The van der Waals surface area contributed by atoms with Gasteiger partial charge in [-0.3, -0.25) is 9.52 Å². The van der Waals surface area contributed by atoms with E-state index >= 15 is 0 Å². The van der Waals surface area contributed by atoms with Crippen LogP contribution in [0.2, 0.25) is 0 Å². The molecular weight excluding hydrogens is 582 g/mol. The number of rotatable bonds is 10. The molecule has 0 aliphatic heterocycles. The first-order chi connectivity index (χ1) is 21.2. The lowest BCUT2D eigenvalue weighted by molar-refractivity contribution is 0.102. The molecule has 0 spiro atoms. The zero-order valence-corrected chi connectivity index (χ0v) is 25.6. The summed E-state index contributed by atoms with van der Waals surface area (Å²) in [5.74, 6) is 1.26. The number of anilines is 2. The van der Waals surface area contributed by atoms with Crippen LogP contribution in [0.4, 0.5) is 11.4 Å². The lowest BCUT2D eigenvalue weighted by Crippen LogP contribution is -2.17. The van der Waals surface area contributed by atoms with Crippen molar-refractivity contribution in [3.8, 4) is 34.3 Å². The second-order valence-electron chi connectivity index (χ2n) is 9.73. The molecule has 5 aromatic rings. The van der Waals surface area contributed by atoms with E-state index in [0.29, 0.717) is 67.7 Å². The number of para-hydroxylation sites is 3. The van der Waals surface area contributed by atoms with E-state index in [1.54, 1.807) is 67.6 Å². The molecule has 0 saturated heterocycles. The number of nitrogens with one attached hydrogen (secondary N) is 2. The Bertz CT molecular complexity index is 1950. The lowest BCUT2D eigenvalue weighted by atomic mass is 10.0. The van der Waals surface area contributed by atoms with E-state index in [1.807, 2.05) is 18.2 Å². The summed E-state index contributed by atoms with van der Waals surface area (Å²) in [5.41, 5.74) is 3.19. The summed E-state index contributed by atoms with van der Waals surface area (Å²) in [6, 6.07) is 23.9. The Kier molecular flexibility index (Phi) is 8.59. The molecule has 5 rings (SSSR count). The van der Waals surface area contributed by atoms with Gasteiger partial charge in [0, 0.05) is 16.6 Å². The lowest BCUT2D eigenvalue weighted by Gasteiger charge is -2.16. The Balaban J connectivity index is 1.53. The Morgan fingerprint density at radius 2 is 1.41 bits per heavy atom. The number of carbonyl (C=O) groups excluding carboxylic acids is 1. The van der Waals surface area contributed by atoms with Crippen molar-refractivity contribution in [1.29, 1.82) is 0 Å². The van der Waals surface area contributed by atoms with E-state index in [2.05, 4.69) is 10.0 Å². The van der Waals surface area contributed by atoms with Crippen molar-refractivity contribution in [2.24, 2.45) is 0 Å². The van der Waals surface area contributed by atoms with Crippen molar-refractivity contribution >= 4 is 38.2 Å². The van der Waals surface area contributed by atoms with Crippen molar-refractivity contribution < 1.29 is 32.2 Å². The molecule has 0 fully saturated rings. The fourth-order valence-electron chi connectivity index (χ4n) is 4.83. The Morgan fingerprint density at radius 3 is 2.09 bits per heavy atom. The number of hydrogen-bond donors (Lipinski definition) is 2. The number of benzene rings is 4. The third-order valence-electron chi connectivity index (χ3n) is 7.01. The SMILES string of the molecule is COc1ccccc1NS(=O)(=O)c1cc(NC(=O)c2cc(-c3cc(OC)c(OC)c(OC)c3)nc3ccccc23)ccc1C. The highest BCUT2D eigenvalue weighted by molar-refractivity contribution is 7.92. The zero-order valence-electron chi connectivity index (χ0n) is 24.8. The summed E-state index contributed by atoms with van der Waals surface area (Å²) < 4.78 is 51.2. The molecule has 1 aromatic heterocycles. The van der Waals surface area contributed by atoms with Crippen LogP contribution in [0.15, 0.2) is 89.8 Å². The van der Waals surface area contributed by atoms with Gasteiger partial charge in [0.2, 0.25) is 5.75 Å². The van der Waals surface area contributed by atoms with Crippen LogP contribution in [0.25, 0.3) is 22.2 Å². The number of pyridine rings is 1. The van der Waals surface area contributed by atoms with E-state index in [1.165, 1.54) is 34.5 Å². The van der Waals surface area contributed by atoms with E-state index in [9.17, 15) is 13.2 Å². The summed E-state index contributed by atoms with van der Waals surface area (Å²) in [5, 5.41) is 3.49. The van der Waals surface area contributed by atoms with Gasteiger partial charge in [-0.1, -0.05) is 36.4 Å². The van der Waals surface area contributed by atoms with Crippen LogP contribution >= 0.6 is 0 Å². The molecule has 0 bridgehead atoms. The van der Waals surface area contributed by atoms with Crippen LogP contribution in [-0.4, -0.2) is 47.7 Å². The average Bonchev–Trinajstić information content (AvgIpc) is 3.04. The second-order valence-corrected chi connectivity index (χ2v) is 11.4. The average molecular weight is 614 g/mol. The zero-order chi connectivity index (χ0) is 31.4. The summed E-state index contributed by atoms with van der Waals surface area (Å²) in [6.07, 6.45) is 0. The molecule has 0 atom stereocenters. The minimum absolute atomic E-state index is 0.0129. The molecule has 0 aliphatic carbocycles. The molecule has 44 heavy (non-hydrogen) atoms. The van der Waals surface area contributed by atoms with E-state index in [4.69, 9.17) is 23.9 Å². The van der Waals surface area contributed by atoms with Crippen molar-refractivity contribution in [3.63, 3.8) is 0 Å². The monoisotopic (exact) mass is 613 g/mol. The third kappa shape index (κ3) is 5.95. The molecule has 1 heterocycles.